The van der Waals surface area contributed by atoms with Crippen LogP contribution in [0.1, 0.15) is 30.0 Å². The van der Waals surface area contributed by atoms with Crippen molar-refractivity contribution in [3.63, 3.8) is 0 Å². The van der Waals surface area contributed by atoms with E-state index in [2.05, 4.69) is 0 Å². The van der Waals surface area contributed by atoms with E-state index in [4.69, 9.17) is 9.47 Å². The monoisotopic (exact) mass is 361 g/mol. The van der Waals surface area contributed by atoms with Gasteiger partial charge in [0.05, 0.1) is 25.2 Å². The Kier molecular flexibility index (Phi) is 5.01. The third-order valence-electron chi connectivity index (χ3n) is 4.66. The smallest absolute Gasteiger partial charge is 0.243 e. The first-order chi connectivity index (χ1) is 12.0. The third-order valence-corrected chi connectivity index (χ3v) is 6.56. The van der Waals surface area contributed by atoms with Crippen molar-refractivity contribution >= 4 is 10.0 Å². The molecule has 1 atom stereocenters. The number of methoxy groups -OCH3 is 2. The molecule has 0 N–H and O–H groups in total. The molecule has 0 saturated carbocycles. The van der Waals surface area contributed by atoms with Gasteiger partial charge in [0.1, 0.15) is 11.5 Å². The number of rotatable bonds is 5. The summed E-state index contributed by atoms with van der Waals surface area (Å²) in [4.78, 5) is 0.306. The Morgan fingerprint density at radius 3 is 2.56 bits per heavy atom. The average molecular weight is 361 g/mol. The van der Waals surface area contributed by atoms with Gasteiger partial charge in [0.15, 0.2) is 0 Å². The van der Waals surface area contributed by atoms with Crippen LogP contribution in [0, 0.1) is 6.92 Å². The van der Waals surface area contributed by atoms with Gasteiger partial charge in [-0.05, 0) is 61.2 Å². The molecule has 1 fully saturated rings. The molecule has 3 rings (SSSR count). The predicted molar refractivity (Wildman–Crippen MR) is 96.6 cm³/mol. The van der Waals surface area contributed by atoms with E-state index < -0.39 is 10.0 Å². The SMILES string of the molecule is COc1cccc(C2CCCN2S(=O)(=O)c2ccc(OC)c(C)c2)c1. The minimum atomic E-state index is -3.57. The highest BCUT2D eigenvalue weighted by atomic mass is 32.2. The summed E-state index contributed by atoms with van der Waals surface area (Å²) in [5.41, 5.74) is 1.77. The lowest BCUT2D eigenvalue weighted by atomic mass is 10.1. The van der Waals surface area contributed by atoms with Crippen molar-refractivity contribution < 1.29 is 17.9 Å². The normalized spacial score (nSPS) is 18.3. The summed E-state index contributed by atoms with van der Waals surface area (Å²) in [5.74, 6) is 1.42. The highest BCUT2D eigenvalue weighted by Gasteiger charge is 2.36. The summed E-state index contributed by atoms with van der Waals surface area (Å²) in [6.45, 7) is 2.37. The first-order valence-electron chi connectivity index (χ1n) is 8.28. The van der Waals surface area contributed by atoms with Crippen LogP contribution in [0.2, 0.25) is 0 Å². The highest BCUT2D eigenvalue weighted by Crippen LogP contribution is 2.38. The fraction of sp³-hybridized carbons (Fsp3) is 0.368. The van der Waals surface area contributed by atoms with E-state index in [0.29, 0.717) is 17.2 Å². The van der Waals surface area contributed by atoms with Gasteiger partial charge < -0.3 is 9.47 Å². The summed E-state index contributed by atoms with van der Waals surface area (Å²) in [5, 5.41) is 0. The van der Waals surface area contributed by atoms with E-state index in [1.165, 1.54) is 0 Å². The van der Waals surface area contributed by atoms with Crippen molar-refractivity contribution in [1.29, 1.82) is 0 Å². The van der Waals surface area contributed by atoms with Crippen molar-refractivity contribution in [1.82, 2.24) is 4.31 Å². The number of ether oxygens (including phenoxy) is 2. The molecule has 5 nitrogen and oxygen atoms in total. The Hall–Kier alpha value is -2.05. The molecule has 0 bridgehead atoms. The number of aryl methyl sites for hydroxylation is 1. The van der Waals surface area contributed by atoms with Crippen LogP contribution in [-0.4, -0.2) is 33.5 Å². The van der Waals surface area contributed by atoms with Crippen molar-refractivity contribution in [2.75, 3.05) is 20.8 Å². The van der Waals surface area contributed by atoms with E-state index in [1.54, 1.807) is 36.7 Å². The van der Waals surface area contributed by atoms with Crippen LogP contribution < -0.4 is 9.47 Å². The Bertz CT molecular complexity index is 863. The summed E-state index contributed by atoms with van der Waals surface area (Å²) in [7, 11) is -0.373. The summed E-state index contributed by atoms with van der Waals surface area (Å²) in [6.07, 6.45) is 1.65. The van der Waals surface area contributed by atoms with Crippen LogP contribution >= 0.6 is 0 Å². The zero-order valence-electron chi connectivity index (χ0n) is 14.7. The van der Waals surface area contributed by atoms with Crippen LogP contribution in [0.25, 0.3) is 0 Å². The molecular weight excluding hydrogens is 338 g/mol. The maximum absolute atomic E-state index is 13.2. The van der Waals surface area contributed by atoms with Crippen molar-refractivity contribution in [3.05, 3.63) is 53.6 Å². The molecule has 1 aliphatic heterocycles. The summed E-state index contributed by atoms with van der Waals surface area (Å²) < 4.78 is 38.5. The lowest BCUT2D eigenvalue weighted by molar-refractivity contribution is 0.389. The molecule has 0 aliphatic carbocycles. The Morgan fingerprint density at radius 2 is 1.88 bits per heavy atom. The predicted octanol–water partition coefficient (Wildman–Crippen LogP) is 3.54. The Morgan fingerprint density at radius 1 is 1.08 bits per heavy atom. The molecule has 0 spiro atoms. The van der Waals surface area contributed by atoms with Gasteiger partial charge >= 0.3 is 0 Å². The van der Waals surface area contributed by atoms with Crippen molar-refractivity contribution in [2.24, 2.45) is 0 Å². The molecule has 1 unspecified atom stereocenters. The van der Waals surface area contributed by atoms with Crippen LogP contribution in [0.5, 0.6) is 11.5 Å². The van der Waals surface area contributed by atoms with Gasteiger partial charge in [-0.25, -0.2) is 8.42 Å². The maximum Gasteiger partial charge on any atom is 0.243 e. The standard InChI is InChI=1S/C19H23NO4S/c1-14-12-17(9-10-19(14)24-3)25(21,22)20-11-5-8-18(20)15-6-4-7-16(13-15)23-2/h4,6-7,9-10,12-13,18H,5,8,11H2,1-3H3. The van der Waals surface area contributed by atoms with Crippen molar-refractivity contribution in [2.45, 2.75) is 30.7 Å². The largest absolute Gasteiger partial charge is 0.497 e. The van der Waals surface area contributed by atoms with Gasteiger partial charge in [0.25, 0.3) is 0 Å². The fourth-order valence-electron chi connectivity index (χ4n) is 3.36. The summed E-state index contributed by atoms with van der Waals surface area (Å²) >= 11 is 0. The van der Waals surface area contributed by atoms with E-state index in [-0.39, 0.29) is 6.04 Å². The average Bonchev–Trinajstić information content (AvgIpc) is 3.12. The first-order valence-corrected chi connectivity index (χ1v) is 9.72. The molecule has 2 aromatic carbocycles. The van der Waals surface area contributed by atoms with E-state index in [9.17, 15) is 8.42 Å². The van der Waals surface area contributed by atoms with Crippen LogP contribution in [0.15, 0.2) is 47.4 Å². The van der Waals surface area contributed by atoms with Crippen LogP contribution in [0.3, 0.4) is 0 Å². The first kappa shape index (κ1) is 17.8. The second-order valence-electron chi connectivity index (χ2n) is 6.18. The highest BCUT2D eigenvalue weighted by molar-refractivity contribution is 7.89. The third kappa shape index (κ3) is 3.37. The molecule has 0 aromatic heterocycles. The number of hydrogen-bond donors (Lipinski definition) is 0. The topological polar surface area (TPSA) is 55.8 Å². The second kappa shape index (κ2) is 7.06. The van der Waals surface area contributed by atoms with E-state index in [0.717, 1.165) is 29.7 Å². The lowest BCUT2D eigenvalue weighted by Crippen LogP contribution is -2.30. The van der Waals surface area contributed by atoms with E-state index >= 15 is 0 Å². The zero-order valence-corrected chi connectivity index (χ0v) is 15.5. The molecule has 6 heteroatoms. The molecule has 0 amide bonds. The number of hydrogen-bond acceptors (Lipinski definition) is 4. The molecule has 1 heterocycles. The summed E-state index contributed by atoms with van der Waals surface area (Å²) in [6, 6.07) is 12.5. The van der Waals surface area contributed by atoms with E-state index in [1.807, 2.05) is 31.2 Å². The number of nitrogens with zero attached hydrogens (tertiary/aromatic N) is 1. The van der Waals surface area contributed by atoms with Gasteiger partial charge in [0.2, 0.25) is 10.0 Å². The molecular formula is C19H23NO4S. The molecule has 2 aromatic rings. The van der Waals surface area contributed by atoms with Gasteiger partial charge in [-0.2, -0.15) is 4.31 Å². The van der Waals surface area contributed by atoms with Crippen LogP contribution in [0.4, 0.5) is 0 Å². The second-order valence-corrected chi connectivity index (χ2v) is 8.07. The molecule has 25 heavy (non-hydrogen) atoms. The molecule has 1 aliphatic rings. The minimum Gasteiger partial charge on any atom is -0.497 e. The fourth-order valence-corrected chi connectivity index (χ4v) is 5.12. The van der Waals surface area contributed by atoms with Crippen LogP contribution in [-0.2, 0) is 10.0 Å². The lowest BCUT2D eigenvalue weighted by Gasteiger charge is -2.25. The number of benzene rings is 2. The van der Waals surface area contributed by atoms with Crippen molar-refractivity contribution in [3.8, 4) is 11.5 Å². The zero-order chi connectivity index (χ0) is 18.0. The molecule has 0 radical (unpaired) electrons. The van der Waals surface area contributed by atoms with Gasteiger partial charge in [-0.15, -0.1) is 0 Å². The van der Waals surface area contributed by atoms with Gasteiger partial charge in [-0.1, -0.05) is 12.1 Å². The van der Waals surface area contributed by atoms with Gasteiger partial charge in [0, 0.05) is 6.54 Å². The minimum absolute atomic E-state index is 0.164. The quantitative estimate of drug-likeness (QED) is 0.817. The number of sulfonamides is 1. The molecule has 134 valence electrons. The maximum atomic E-state index is 13.2. The molecule has 1 saturated heterocycles. The Labute approximate surface area is 149 Å². The Balaban J connectivity index is 1.96. The van der Waals surface area contributed by atoms with Gasteiger partial charge in [-0.3, -0.25) is 0 Å².